The average Bonchev–Trinajstić information content (AvgIpc) is 2.30. The van der Waals surface area contributed by atoms with Crippen molar-refractivity contribution in [2.24, 2.45) is 17.6 Å². The fourth-order valence-corrected chi connectivity index (χ4v) is 2.18. The Morgan fingerprint density at radius 1 is 1.29 bits per heavy atom. The van der Waals surface area contributed by atoms with Crippen LogP contribution in [0.25, 0.3) is 0 Å². The largest absolute Gasteiger partial charge is 0.497 e. The second kappa shape index (κ2) is 6.41. The summed E-state index contributed by atoms with van der Waals surface area (Å²) in [5.74, 6) is 2.00. The van der Waals surface area contributed by atoms with Gasteiger partial charge in [0.2, 0.25) is 0 Å². The molecule has 0 heterocycles. The Bertz CT molecular complexity index is 365. The number of hydrogen-bond acceptors (Lipinski definition) is 2. The zero-order valence-electron chi connectivity index (χ0n) is 11.0. The van der Waals surface area contributed by atoms with Gasteiger partial charge in [-0.25, -0.2) is 0 Å². The van der Waals surface area contributed by atoms with E-state index >= 15 is 0 Å². The summed E-state index contributed by atoms with van der Waals surface area (Å²) in [7, 11) is 1.68. The third-order valence-electron chi connectivity index (χ3n) is 3.44. The van der Waals surface area contributed by atoms with Crippen molar-refractivity contribution in [3.8, 4) is 5.75 Å². The topological polar surface area (TPSA) is 35.2 Å². The van der Waals surface area contributed by atoms with Gasteiger partial charge in [0.05, 0.1) is 7.11 Å². The maximum atomic E-state index is 6.25. The van der Waals surface area contributed by atoms with E-state index in [2.05, 4.69) is 42.8 Å². The van der Waals surface area contributed by atoms with E-state index < -0.39 is 0 Å². The van der Waals surface area contributed by atoms with E-state index in [0.29, 0.717) is 11.8 Å². The number of hydrogen-bond donors (Lipinski definition) is 1. The van der Waals surface area contributed by atoms with E-state index in [1.165, 1.54) is 5.56 Å². The standard InChI is InChI=1S/C14H22BrNO/c1-9(2)10(3)14(16)8-11-7-12(17-4)5-6-13(11)15/h5-7,9-10,14H,8,16H2,1-4H3. The van der Waals surface area contributed by atoms with Gasteiger partial charge < -0.3 is 10.5 Å². The molecule has 2 nitrogen and oxygen atoms in total. The van der Waals surface area contributed by atoms with Crippen molar-refractivity contribution in [1.29, 1.82) is 0 Å². The smallest absolute Gasteiger partial charge is 0.119 e. The first-order chi connectivity index (χ1) is 7.95. The maximum absolute atomic E-state index is 6.25. The van der Waals surface area contributed by atoms with Crippen LogP contribution in [0, 0.1) is 11.8 Å². The molecule has 0 aliphatic heterocycles. The molecule has 2 atom stereocenters. The van der Waals surface area contributed by atoms with Crippen LogP contribution in [0.4, 0.5) is 0 Å². The third kappa shape index (κ3) is 4.00. The normalized spacial score (nSPS) is 14.8. The molecule has 1 rings (SSSR count). The highest BCUT2D eigenvalue weighted by Gasteiger charge is 2.17. The quantitative estimate of drug-likeness (QED) is 0.901. The monoisotopic (exact) mass is 299 g/mol. The van der Waals surface area contributed by atoms with E-state index in [1.54, 1.807) is 7.11 Å². The maximum Gasteiger partial charge on any atom is 0.119 e. The molecule has 0 fully saturated rings. The molecule has 0 spiro atoms. The summed E-state index contributed by atoms with van der Waals surface area (Å²) < 4.78 is 6.34. The lowest BCUT2D eigenvalue weighted by Gasteiger charge is -2.24. The average molecular weight is 300 g/mol. The number of rotatable bonds is 5. The molecule has 96 valence electrons. The lowest BCUT2D eigenvalue weighted by atomic mass is 9.87. The van der Waals surface area contributed by atoms with Crippen molar-refractivity contribution in [3.05, 3.63) is 28.2 Å². The van der Waals surface area contributed by atoms with E-state index in [0.717, 1.165) is 16.6 Å². The summed E-state index contributed by atoms with van der Waals surface area (Å²) >= 11 is 3.56. The van der Waals surface area contributed by atoms with Gasteiger partial charge in [0.25, 0.3) is 0 Å². The predicted octanol–water partition coefficient (Wildman–Crippen LogP) is 3.62. The summed E-state index contributed by atoms with van der Waals surface area (Å²) in [5, 5.41) is 0. The van der Waals surface area contributed by atoms with Crippen LogP contribution < -0.4 is 10.5 Å². The molecular weight excluding hydrogens is 278 g/mol. The number of methoxy groups -OCH3 is 1. The highest BCUT2D eigenvalue weighted by Crippen LogP contribution is 2.25. The van der Waals surface area contributed by atoms with Crippen LogP contribution >= 0.6 is 15.9 Å². The Kier molecular flexibility index (Phi) is 5.47. The van der Waals surface area contributed by atoms with Crippen LogP contribution in [0.5, 0.6) is 5.75 Å². The van der Waals surface area contributed by atoms with Gasteiger partial charge in [-0.15, -0.1) is 0 Å². The number of halogens is 1. The fraction of sp³-hybridized carbons (Fsp3) is 0.571. The first-order valence-electron chi connectivity index (χ1n) is 6.03. The van der Waals surface area contributed by atoms with Gasteiger partial charge in [0, 0.05) is 10.5 Å². The van der Waals surface area contributed by atoms with Crippen LogP contribution in [-0.2, 0) is 6.42 Å². The van der Waals surface area contributed by atoms with Crippen molar-refractivity contribution in [3.63, 3.8) is 0 Å². The van der Waals surface area contributed by atoms with Gasteiger partial charge >= 0.3 is 0 Å². The Balaban J connectivity index is 2.80. The van der Waals surface area contributed by atoms with Crippen molar-refractivity contribution < 1.29 is 4.74 Å². The van der Waals surface area contributed by atoms with Gasteiger partial charge in [0.1, 0.15) is 5.75 Å². The molecule has 0 aromatic heterocycles. The van der Waals surface area contributed by atoms with E-state index in [-0.39, 0.29) is 6.04 Å². The lowest BCUT2D eigenvalue weighted by molar-refractivity contribution is 0.344. The number of ether oxygens (including phenoxy) is 1. The molecule has 1 aromatic carbocycles. The third-order valence-corrected chi connectivity index (χ3v) is 4.21. The SMILES string of the molecule is COc1ccc(Br)c(CC(N)C(C)C(C)C)c1. The van der Waals surface area contributed by atoms with Crippen molar-refractivity contribution in [1.82, 2.24) is 0 Å². The molecular formula is C14H22BrNO. The van der Waals surface area contributed by atoms with Crippen molar-refractivity contribution in [2.75, 3.05) is 7.11 Å². The second-order valence-corrected chi connectivity index (χ2v) is 5.78. The van der Waals surface area contributed by atoms with Crippen LogP contribution in [-0.4, -0.2) is 13.2 Å². The molecule has 0 bridgehead atoms. The molecule has 3 heteroatoms. The number of benzene rings is 1. The van der Waals surface area contributed by atoms with Crippen LogP contribution in [0.15, 0.2) is 22.7 Å². The molecule has 0 radical (unpaired) electrons. The summed E-state index contributed by atoms with van der Waals surface area (Å²) in [5.41, 5.74) is 7.46. The molecule has 0 aliphatic rings. The Labute approximate surface area is 113 Å². The van der Waals surface area contributed by atoms with Crippen LogP contribution in [0.2, 0.25) is 0 Å². The minimum Gasteiger partial charge on any atom is -0.497 e. The predicted molar refractivity (Wildman–Crippen MR) is 76.4 cm³/mol. The highest BCUT2D eigenvalue weighted by molar-refractivity contribution is 9.10. The highest BCUT2D eigenvalue weighted by atomic mass is 79.9. The fourth-order valence-electron chi connectivity index (χ4n) is 1.77. The molecule has 17 heavy (non-hydrogen) atoms. The molecule has 1 aromatic rings. The van der Waals surface area contributed by atoms with Gasteiger partial charge in [-0.3, -0.25) is 0 Å². The van der Waals surface area contributed by atoms with Gasteiger partial charge in [-0.05, 0) is 42.0 Å². The Morgan fingerprint density at radius 2 is 1.94 bits per heavy atom. The first kappa shape index (κ1) is 14.5. The van der Waals surface area contributed by atoms with E-state index in [4.69, 9.17) is 10.5 Å². The molecule has 0 saturated heterocycles. The van der Waals surface area contributed by atoms with Crippen LogP contribution in [0.1, 0.15) is 26.3 Å². The van der Waals surface area contributed by atoms with Crippen molar-refractivity contribution >= 4 is 15.9 Å². The Morgan fingerprint density at radius 3 is 2.47 bits per heavy atom. The zero-order valence-corrected chi connectivity index (χ0v) is 12.6. The van der Waals surface area contributed by atoms with Crippen molar-refractivity contribution in [2.45, 2.75) is 33.2 Å². The van der Waals surface area contributed by atoms with Gasteiger partial charge in [-0.1, -0.05) is 36.7 Å². The minimum atomic E-state index is 0.179. The summed E-state index contributed by atoms with van der Waals surface area (Å²) in [6, 6.07) is 6.20. The summed E-state index contributed by atoms with van der Waals surface area (Å²) in [6.45, 7) is 6.64. The Hall–Kier alpha value is -0.540. The first-order valence-corrected chi connectivity index (χ1v) is 6.83. The van der Waals surface area contributed by atoms with E-state index in [1.807, 2.05) is 12.1 Å². The van der Waals surface area contributed by atoms with Gasteiger partial charge in [0.15, 0.2) is 0 Å². The molecule has 2 N–H and O–H groups in total. The van der Waals surface area contributed by atoms with E-state index in [9.17, 15) is 0 Å². The summed E-state index contributed by atoms with van der Waals surface area (Å²) in [4.78, 5) is 0. The molecule has 0 amide bonds. The molecule has 0 saturated carbocycles. The number of nitrogens with two attached hydrogens (primary N) is 1. The van der Waals surface area contributed by atoms with Crippen LogP contribution in [0.3, 0.4) is 0 Å². The zero-order chi connectivity index (χ0) is 13.0. The minimum absolute atomic E-state index is 0.179. The second-order valence-electron chi connectivity index (χ2n) is 4.93. The van der Waals surface area contributed by atoms with Gasteiger partial charge in [-0.2, -0.15) is 0 Å². The lowest BCUT2D eigenvalue weighted by Crippen LogP contribution is -2.33. The summed E-state index contributed by atoms with van der Waals surface area (Å²) in [6.07, 6.45) is 0.872. The molecule has 0 aliphatic carbocycles. The molecule has 2 unspecified atom stereocenters.